The maximum atomic E-state index is 6.43. The van der Waals surface area contributed by atoms with Crippen molar-refractivity contribution in [2.24, 2.45) is 0 Å². The fourth-order valence-electron chi connectivity index (χ4n) is 2.93. The summed E-state index contributed by atoms with van der Waals surface area (Å²) in [5.41, 5.74) is 1.47. The van der Waals surface area contributed by atoms with Crippen molar-refractivity contribution in [3.8, 4) is 9.75 Å². The van der Waals surface area contributed by atoms with E-state index in [1.165, 1.54) is 34.2 Å². The van der Waals surface area contributed by atoms with Crippen molar-refractivity contribution in [3.05, 3.63) is 33.5 Å². The topological polar surface area (TPSA) is 9.23 Å². The average Bonchev–Trinajstić information content (AvgIpc) is 3.00. The molecule has 6 heteroatoms. The fourth-order valence-corrected chi connectivity index (χ4v) is 13.2. The zero-order valence-electron chi connectivity index (χ0n) is 14.7. The number of unbranched alkanes of at least 4 members (excludes halogenated alkanes) is 1. The lowest BCUT2D eigenvalue weighted by atomic mass is 10.1. The largest absolute Gasteiger partial charge is 0.456 e. The van der Waals surface area contributed by atoms with Crippen molar-refractivity contribution in [1.29, 1.82) is 0 Å². The average molecular weight is 403 g/mol. The molecule has 2 aromatic heterocycles. The van der Waals surface area contributed by atoms with E-state index in [1.54, 1.807) is 11.3 Å². The van der Waals surface area contributed by atoms with Gasteiger partial charge in [0.15, 0.2) is 16.6 Å². The molecule has 0 aliphatic rings. The smallest absolute Gasteiger partial charge is 0.173 e. The standard InChI is InChI=1S/C17H27ClOS2Si2/c1-22(2,3)19-23(4,5)13-7-6-8-14-11-12-20-17(14)15-9-10-16(18)21-15/h9-12H,6-8,13H2,1-5H3. The summed E-state index contributed by atoms with van der Waals surface area (Å²) >= 11 is 9.58. The molecule has 0 aromatic carbocycles. The molecule has 0 fully saturated rings. The van der Waals surface area contributed by atoms with Gasteiger partial charge < -0.3 is 4.12 Å². The quantitative estimate of drug-likeness (QED) is 0.327. The summed E-state index contributed by atoms with van der Waals surface area (Å²) in [6.45, 7) is 11.6. The van der Waals surface area contributed by atoms with Gasteiger partial charge in [-0.05, 0) is 80.8 Å². The van der Waals surface area contributed by atoms with Crippen LogP contribution in [0.3, 0.4) is 0 Å². The van der Waals surface area contributed by atoms with Crippen LogP contribution in [0.25, 0.3) is 9.75 Å². The molecular weight excluding hydrogens is 376 g/mol. The van der Waals surface area contributed by atoms with Gasteiger partial charge in [0.05, 0.1) is 4.34 Å². The Balaban J connectivity index is 1.85. The van der Waals surface area contributed by atoms with Crippen molar-refractivity contribution in [2.45, 2.75) is 58.0 Å². The summed E-state index contributed by atoms with van der Waals surface area (Å²) in [5, 5.41) is 2.20. The lowest BCUT2D eigenvalue weighted by Gasteiger charge is -2.31. The van der Waals surface area contributed by atoms with Gasteiger partial charge in [-0.25, -0.2) is 0 Å². The van der Waals surface area contributed by atoms with Crippen molar-refractivity contribution in [1.82, 2.24) is 0 Å². The highest BCUT2D eigenvalue weighted by molar-refractivity contribution is 7.23. The molecule has 0 amide bonds. The minimum Gasteiger partial charge on any atom is -0.456 e. The van der Waals surface area contributed by atoms with Crippen molar-refractivity contribution in [3.63, 3.8) is 0 Å². The molecule has 23 heavy (non-hydrogen) atoms. The third-order valence-electron chi connectivity index (χ3n) is 3.60. The predicted octanol–water partition coefficient (Wildman–Crippen LogP) is 7.51. The Bertz CT molecular complexity index is 629. The maximum absolute atomic E-state index is 6.43. The highest BCUT2D eigenvalue weighted by atomic mass is 35.5. The van der Waals surface area contributed by atoms with Gasteiger partial charge in [0.25, 0.3) is 0 Å². The second kappa shape index (κ2) is 7.98. The van der Waals surface area contributed by atoms with Gasteiger partial charge >= 0.3 is 0 Å². The Hall–Kier alpha value is 0.0838. The molecule has 0 spiro atoms. The highest BCUT2D eigenvalue weighted by Gasteiger charge is 2.28. The van der Waals surface area contributed by atoms with Crippen LogP contribution in [0.2, 0.25) is 43.1 Å². The van der Waals surface area contributed by atoms with E-state index in [1.807, 2.05) is 17.4 Å². The Morgan fingerprint density at radius 2 is 1.78 bits per heavy atom. The van der Waals surface area contributed by atoms with E-state index in [9.17, 15) is 0 Å². The molecule has 2 aromatic rings. The van der Waals surface area contributed by atoms with E-state index in [0.717, 1.165) is 10.8 Å². The normalized spacial score (nSPS) is 12.8. The lowest BCUT2D eigenvalue weighted by molar-refractivity contribution is 0.541. The third kappa shape index (κ3) is 6.48. The molecule has 0 aliphatic heterocycles. The van der Waals surface area contributed by atoms with E-state index in [-0.39, 0.29) is 0 Å². The first-order valence-corrected chi connectivity index (χ1v) is 16.8. The molecule has 0 aliphatic carbocycles. The molecule has 0 N–H and O–H groups in total. The van der Waals surface area contributed by atoms with Crippen molar-refractivity contribution < 1.29 is 4.12 Å². The Morgan fingerprint density at radius 3 is 2.39 bits per heavy atom. The number of hydrogen-bond donors (Lipinski definition) is 0. The monoisotopic (exact) mass is 402 g/mol. The molecule has 0 saturated heterocycles. The SMILES string of the molecule is C[Si](C)(C)O[Si](C)(C)CCCCc1ccsc1-c1ccc(Cl)s1. The number of hydrogen-bond acceptors (Lipinski definition) is 3. The zero-order valence-corrected chi connectivity index (χ0v) is 19.1. The zero-order chi connectivity index (χ0) is 17.1. The van der Waals surface area contributed by atoms with E-state index in [4.69, 9.17) is 15.7 Å². The van der Waals surface area contributed by atoms with Gasteiger partial charge in [-0.15, -0.1) is 22.7 Å². The highest BCUT2D eigenvalue weighted by Crippen LogP contribution is 2.37. The minimum absolute atomic E-state index is 0.871. The molecule has 128 valence electrons. The van der Waals surface area contributed by atoms with Crippen LogP contribution in [0.5, 0.6) is 0 Å². The van der Waals surface area contributed by atoms with Crippen LogP contribution in [0.15, 0.2) is 23.6 Å². The first-order chi connectivity index (χ1) is 10.7. The van der Waals surface area contributed by atoms with Gasteiger partial charge in [-0.2, -0.15) is 0 Å². The molecule has 1 nitrogen and oxygen atoms in total. The molecule has 0 saturated carbocycles. The number of aryl methyl sites for hydroxylation is 1. The van der Waals surface area contributed by atoms with Gasteiger partial charge in [0.2, 0.25) is 0 Å². The van der Waals surface area contributed by atoms with E-state index < -0.39 is 16.6 Å². The summed E-state index contributed by atoms with van der Waals surface area (Å²) < 4.78 is 7.30. The van der Waals surface area contributed by atoms with Crippen LogP contribution >= 0.6 is 34.3 Å². The van der Waals surface area contributed by atoms with E-state index in [2.05, 4.69) is 50.2 Å². The second-order valence-corrected chi connectivity index (χ2v) is 19.3. The Labute approximate surface area is 155 Å². The first-order valence-electron chi connectivity index (χ1n) is 8.19. The molecule has 0 unspecified atom stereocenters. The van der Waals surface area contributed by atoms with Crippen LogP contribution in [-0.4, -0.2) is 16.6 Å². The molecule has 2 heterocycles. The molecule has 0 radical (unpaired) electrons. The van der Waals surface area contributed by atoms with Crippen molar-refractivity contribution in [2.75, 3.05) is 0 Å². The second-order valence-electron chi connectivity index (χ2n) is 7.56. The molecule has 0 bridgehead atoms. The van der Waals surface area contributed by atoms with Crippen molar-refractivity contribution >= 4 is 50.9 Å². The number of halogens is 1. The summed E-state index contributed by atoms with van der Waals surface area (Å²) in [5.74, 6) is 0. The summed E-state index contributed by atoms with van der Waals surface area (Å²) in [6, 6.07) is 7.67. The molecule has 0 atom stereocenters. The third-order valence-corrected chi connectivity index (χ3v) is 12.2. The summed E-state index contributed by atoms with van der Waals surface area (Å²) in [6.07, 6.45) is 3.67. The number of thiophene rings is 2. The van der Waals surface area contributed by atoms with Crippen LogP contribution in [0, 0.1) is 0 Å². The van der Waals surface area contributed by atoms with Crippen LogP contribution in [0.4, 0.5) is 0 Å². The lowest BCUT2D eigenvalue weighted by Crippen LogP contribution is -2.42. The Morgan fingerprint density at radius 1 is 1.04 bits per heavy atom. The van der Waals surface area contributed by atoms with Gasteiger partial charge in [-0.3, -0.25) is 0 Å². The van der Waals surface area contributed by atoms with E-state index in [0.29, 0.717) is 0 Å². The number of rotatable bonds is 8. The van der Waals surface area contributed by atoms with Crippen LogP contribution < -0.4 is 0 Å². The Kier molecular flexibility index (Phi) is 6.73. The molecular formula is C17H27ClOS2Si2. The fraction of sp³-hybridized carbons (Fsp3) is 0.529. The summed E-state index contributed by atoms with van der Waals surface area (Å²) in [7, 11) is -2.89. The van der Waals surface area contributed by atoms with Crippen LogP contribution in [-0.2, 0) is 10.5 Å². The van der Waals surface area contributed by atoms with Gasteiger partial charge in [0.1, 0.15) is 0 Å². The minimum atomic E-state index is -1.49. The maximum Gasteiger partial charge on any atom is 0.173 e. The van der Waals surface area contributed by atoms with E-state index >= 15 is 0 Å². The van der Waals surface area contributed by atoms with Gasteiger partial charge in [0, 0.05) is 9.75 Å². The molecule has 2 rings (SSSR count). The van der Waals surface area contributed by atoms with Gasteiger partial charge in [-0.1, -0.05) is 18.0 Å². The van der Waals surface area contributed by atoms with Crippen LogP contribution in [0.1, 0.15) is 18.4 Å². The summed E-state index contributed by atoms with van der Waals surface area (Å²) in [4.78, 5) is 2.70. The first kappa shape index (κ1) is 19.4. The predicted molar refractivity (Wildman–Crippen MR) is 112 cm³/mol.